The number of hydrogen-bond acceptors (Lipinski definition) is 5. The SMILES string of the molecule is CC1CN(Cc2nnnn2-c2ccc(Br)cc2Cl)CC(C)O1. The molecule has 1 aromatic carbocycles. The molecule has 1 fully saturated rings. The number of benzene rings is 1. The second kappa shape index (κ2) is 6.62. The van der Waals surface area contributed by atoms with E-state index in [-0.39, 0.29) is 12.2 Å². The zero-order valence-electron chi connectivity index (χ0n) is 12.4. The molecule has 0 saturated carbocycles. The topological polar surface area (TPSA) is 56.1 Å². The molecular weight excluding hydrogens is 370 g/mol. The Hall–Kier alpha value is -1.02. The van der Waals surface area contributed by atoms with Crippen molar-refractivity contribution < 1.29 is 4.74 Å². The highest BCUT2D eigenvalue weighted by atomic mass is 79.9. The van der Waals surface area contributed by atoms with Gasteiger partial charge in [-0.05, 0) is 42.5 Å². The van der Waals surface area contributed by atoms with Crippen molar-refractivity contribution in [3.8, 4) is 5.69 Å². The summed E-state index contributed by atoms with van der Waals surface area (Å²) >= 11 is 9.71. The van der Waals surface area contributed by atoms with Gasteiger partial charge in [-0.15, -0.1) is 5.10 Å². The van der Waals surface area contributed by atoms with E-state index in [2.05, 4.69) is 50.2 Å². The first-order valence-corrected chi connectivity index (χ1v) is 8.30. The zero-order valence-corrected chi connectivity index (χ0v) is 14.8. The van der Waals surface area contributed by atoms with Crippen molar-refractivity contribution in [2.24, 2.45) is 0 Å². The lowest BCUT2D eigenvalue weighted by molar-refractivity contribution is -0.0712. The monoisotopic (exact) mass is 385 g/mol. The lowest BCUT2D eigenvalue weighted by atomic mass is 10.2. The summed E-state index contributed by atoms with van der Waals surface area (Å²) in [6, 6.07) is 5.66. The number of halogens is 2. The molecule has 2 unspecified atom stereocenters. The predicted octanol–water partition coefficient (Wildman–Crippen LogP) is 2.69. The van der Waals surface area contributed by atoms with Crippen LogP contribution in [-0.2, 0) is 11.3 Å². The van der Waals surface area contributed by atoms with E-state index < -0.39 is 0 Å². The van der Waals surface area contributed by atoms with Crippen LogP contribution in [-0.4, -0.2) is 50.4 Å². The molecule has 22 heavy (non-hydrogen) atoms. The van der Waals surface area contributed by atoms with Crippen LogP contribution in [0.3, 0.4) is 0 Å². The van der Waals surface area contributed by atoms with E-state index in [1.165, 1.54) is 0 Å². The largest absolute Gasteiger partial charge is 0.373 e. The molecular formula is C14H17BrClN5O. The molecule has 8 heteroatoms. The molecule has 0 bridgehead atoms. The van der Waals surface area contributed by atoms with Crippen LogP contribution >= 0.6 is 27.5 Å². The fourth-order valence-corrected chi connectivity index (χ4v) is 3.51. The fraction of sp³-hybridized carbons (Fsp3) is 0.500. The van der Waals surface area contributed by atoms with Crippen molar-refractivity contribution in [1.82, 2.24) is 25.1 Å². The molecule has 1 aliphatic rings. The number of nitrogens with zero attached hydrogens (tertiary/aromatic N) is 5. The van der Waals surface area contributed by atoms with Gasteiger partial charge < -0.3 is 4.74 Å². The van der Waals surface area contributed by atoms with E-state index in [1.54, 1.807) is 4.68 Å². The van der Waals surface area contributed by atoms with Gasteiger partial charge in [0.1, 0.15) is 0 Å². The van der Waals surface area contributed by atoms with E-state index in [9.17, 15) is 0 Å². The highest BCUT2D eigenvalue weighted by molar-refractivity contribution is 9.10. The molecule has 0 radical (unpaired) electrons. The van der Waals surface area contributed by atoms with Crippen LogP contribution in [0.5, 0.6) is 0 Å². The second-order valence-corrected chi connectivity index (χ2v) is 6.88. The summed E-state index contributed by atoms with van der Waals surface area (Å²) in [5.41, 5.74) is 0.777. The quantitative estimate of drug-likeness (QED) is 0.812. The van der Waals surface area contributed by atoms with Gasteiger partial charge in [0.2, 0.25) is 0 Å². The Kier molecular flexibility index (Phi) is 4.77. The number of rotatable bonds is 3. The molecule has 1 aromatic heterocycles. The summed E-state index contributed by atoms with van der Waals surface area (Å²) in [4.78, 5) is 2.30. The molecule has 1 aliphatic heterocycles. The molecule has 3 rings (SSSR count). The summed E-state index contributed by atoms with van der Waals surface area (Å²) in [6.45, 7) is 6.56. The van der Waals surface area contributed by atoms with E-state index in [0.29, 0.717) is 11.6 Å². The molecule has 2 aromatic rings. The summed E-state index contributed by atoms with van der Waals surface area (Å²) in [5, 5.41) is 12.6. The molecule has 1 saturated heterocycles. The maximum atomic E-state index is 6.30. The number of aromatic nitrogens is 4. The van der Waals surface area contributed by atoms with Crippen molar-refractivity contribution in [3.05, 3.63) is 33.5 Å². The Morgan fingerprint density at radius 3 is 2.73 bits per heavy atom. The maximum Gasteiger partial charge on any atom is 0.170 e. The van der Waals surface area contributed by atoms with Crippen LogP contribution in [0.15, 0.2) is 22.7 Å². The summed E-state index contributed by atoms with van der Waals surface area (Å²) < 4.78 is 8.37. The molecule has 2 atom stereocenters. The van der Waals surface area contributed by atoms with Gasteiger partial charge in [-0.1, -0.05) is 27.5 Å². The van der Waals surface area contributed by atoms with Gasteiger partial charge in [0.05, 0.1) is 29.5 Å². The average molecular weight is 387 g/mol. The van der Waals surface area contributed by atoms with E-state index in [1.807, 2.05) is 18.2 Å². The van der Waals surface area contributed by atoms with Crippen molar-refractivity contribution in [3.63, 3.8) is 0 Å². The highest BCUT2D eigenvalue weighted by Gasteiger charge is 2.24. The third-order valence-corrected chi connectivity index (χ3v) is 4.33. The van der Waals surface area contributed by atoms with Gasteiger partial charge >= 0.3 is 0 Å². The van der Waals surface area contributed by atoms with E-state index in [0.717, 1.165) is 29.1 Å². The average Bonchev–Trinajstić information content (AvgIpc) is 2.85. The first-order valence-electron chi connectivity index (χ1n) is 7.13. The number of ether oxygens (including phenoxy) is 1. The molecule has 2 heterocycles. The van der Waals surface area contributed by atoms with Gasteiger partial charge in [-0.3, -0.25) is 4.90 Å². The Morgan fingerprint density at radius 2 is 2.05 bits per heavy atom. The van der Waals surface area contributed by atoms with Gasteiger partial charge in [0.15, 0.2) is 5.82 Å². The number of morpholine rings is 1. The summed E-state index contributed by atoms with van der Waals surface area (Å²) in [7, 11) is 0. The standard InChI is InChI=1S/C14H17BrClN5O/c1-9-6-20(7-10(2)22-9)8-14-17-18-19-21(14)13-4-3-11(15)5-12(13)16/h3-5,9-10H,6-8H2,1-2H3. The van der Waals surface area contributed by atoms with Crippen LogP contribution in [0.2, 0.25) is 5.02 Å². The summed E-state index contributed by atoms with van der Waals surface area (Å²) in [5.74, 6) is 0.769. The molecule has 0 amide bonds. The smallest absolute Gasteiger partial charge is 0.170 e. The van der Waals surface area contributed by atoms with Gasteiger partial charge in [0.25, 0.3) is 0 Å². The van der Waals surface area contributed by atoms with Crippen LogP contribution in [0.1, 0.15) is 19.7 Å². The number of tetrazole rings is 1. The third-order valence-electron chi connectivity index (χ3n) is 3.53. The Morgan fingerprint density at radius 1 is 1.32 bits per heavy atom. The zero-order chi connectivity index (χ0) is 15.7. The van der Waals surface area contributed by atoms with Crippen molar-refractivity contribution in [2.75, 3.05) is 13.1 Å². The normalized spacial score (nSPS) is 22.9. The molecule has 0 spiro atoms. The minimum absolute atomic E-state index is 0.212. The van der Waals surface area contributed by atoms with Crippen LogP contribution in [0, 0.1) is 0 Å². The fourth-order valence-electron chi connectivity index (χ4n) is 2.76. The van der Waals surface area contributed by atoms with Crippen LogP contribution in [0.25, 0.3) is 5.69 Å². The Bertz CT molecular complexity index is 654. The van der Waals surface area contributed by atoms with Crippen LogP contribution in [0.4, 0.5) is 0 Å². The molecule has 6 nitrogen and oxygen atoms in total. The van der Waals surface area contributed by atoms with Gasteiger partial charge in [0, 0.05) is 17.6 Å². The third kappa shape index (κ3) is 3.48. The van der Waals surface area contributed by atoms with Crippen molar-refractivity contribution in [2.45, 2.75) is 32.6 Å². The predicted molar refractivity (Wildman–Crippen MR) is 87.2 cm³/mol. The van der Waals surface area contributed by atoms with Crippen molar-refractivity contribution >= 4 is 27.5 Å². The van der Waals surface area contributed by atoms with Crippen molar-refractivity contribution in [1.29, 1.82) is 0 Å². The first-order chi connectivity index (χ1) is 10.5. The minimum atomic E-state index is 0.212. The first kappa shape index (κ1) is 15.9. The minimum Gasteiger partial charge on any atom is -0.373 e. The van der Waals surface area contributed by atoms with E-state index >= 15 is 0 Å². The second-order valence-electron chi connectivity index (χ2n) is 5.55. The Labute approximate surface area is 142 Å². The van der Waals surface area contributed by atoms with E-state index in [4.69, 9.17) is 16.3 Å². The molecule has 0 N–H and O–H groups in total. The lowest BCUT2D eigenvalue weighted by Gasteiger charge is -2.34. The highest BCUT2D eigenvalue weighted by Crippen LogP contribution is 2.25. The van der Waals surface area contributed by atoms with Gasteiger partial charge in [-0.2, -0.15) is 4.68 Å². The maximum absolute atomic E-state index is 6.30. The summed E-state index contributed by atoms with van der Waals surface area (Å²) in [6.07, 6.45) is 0.425. The molecule has 0 aliphatic carbocycles. The Balaban J connectivity index is 1.83. The van der Waals surface area contributed by atoms with Crippen LogP contribution < -0.4 is 0 Å². The number of hydrogen-bond donors (Lipinski definition) is 0. The lowest BCUT2D eigenvalue weighted by Crippen LogP contribution is -2.45. The molecule has 118 valence electrons. The van der Waals surface area contributed by atoms with Gasteiger partial charge in [-0.25, -0.2) is 0 Å².